The topological polar surface area (TPSA) is 519 Å². The summed E-state index contributed by atoms with van der Waals surface area (Å²) in [5, 5.41) is 185. The summed E-state index contributed by atoms with van der Waals surface area (Å²) < 4.78 is 38.9. The number of hydrogen-bond acceptors (Lipinski definition) is 30. The molecule has 3 aliphatic heterocycles. The maximum atomic E-state index is 15.0. The fraction of sp³-hybridized carbons (Fsp3) is 0.143. The van der Waals surface area contributed by atoms with Gasteiger partial charge in [-0.25, -0.2) is 24.0 Å². The van der Waals surface area contributed by atoms with Crippen LogP contribution in [-0.4, -0.2) is 154 Å². The molecule has 1 saturated heterocycles. The van der Waals surface area contributed by atoms with E-state index in [0.29, 0.717) is 24.3 Å². The van der Waals surface area contributed by atoms with Crippen LogP contribution in [-0.2, 0) is 23.7 Å². The van der Waals surface area contributed by atoms with E-state index in [-0.39, 0.29) is 0 Å². The number of aliphatic hydroxyl groups is 1. The number of Topliss-reactive ketones (excluding diaryl/α,β-unsaturated/α-hetero) is 1. The van der Waals surface area contributed by atoms with Gasteiger partial charge in [-0.1, -0.05) is 0 Å². The molecule has 5 heterocycles. The zero-order valence-electron chi connectivity index (χ0n) is 38.5. The molecule has 11 rings (SSSR count). The average Bonchev–Trinajstić information content (AvgIpc) is 2.91. The van der Waals surface area contributed by atoms with Gasteiger partial charge in [0.15, 0.2) is 99.0 Å². The largest absolute Gasteiger partial charge is 0.504 e. The lowest BCUT2D eigenvalue weighted by molar-refractivity contribution is -0.286. The summed E-state index contributed by atoms with van der Waals surface area (Å²) in [5.41, 5.74) is -17.3. The van der Waals surface area contributed by atoms with Gasteiger partial charge in [0.1, 0.15) is 12.7 Å². The van der Waals surface area contributed by atoms with Gasteiger partial charge in [0.2, 0.25) is 34.5 Å². The van der Waals surface area contributed by atoms with Crippen molar-refractivity contribution in [3.8, 4) is 125 Å². The van der Waals surface area contributed by atoms with Gasteiger partial charge in [0.05, 0.1) is 34.1 Å². The SMILES string of the molecule is O=C1OC2C(O)OC3COCC(=O)c4cc(O)c(O)c(O)c4-c4c(O)c(O)c5oc(=O)c6c(c(O)c(O)c7oc(=O)c4c5c76)-c4c(cc(O)c(O)c4O)C(=O)OC3C2OC(=O)c2cc(O)c(O)c(O)c2-c2c1cc(O)c(O)c2O. The van der Waals surface area contributed by atoms with Crippen molar-refractivity contribution in [3.05, 3.63) is 67.4 Å². The van der Waals surface area contributed by atoms with Crippen molar-refractivity contribution in [1.29, 1.82) is 0 Å². The Morgan fingerprint density at radius 2 is 0.696 bits per heavy atom. The fourth-order valence-corrected chi connectivity index (χ4v) is 9.89. The molecule has 0 amide bonds. The van der Waals surface area contributed by atoms with Crippen LogP contribution in [0.15, 0.2) is 42.7 Å². The third kappa shape index (κ3) is 6.87. The first-order chi connectivity index (χ1) is 37.3. The van der Waals surface area contributed by atoms with Crippen molar-refractivity contribution in [3.63, 3.8) is 0 Å². The predicted molar refractivity (Wildman–Crippen MR) is 250 cm³/mol. The van der Waals surface area contributed by atoms with Gasteiger partial charge in [0.25, 0.3) is 0 Å². The van der Waals surface area contributed by atoms with E-state index in [4.69, 9.17) is 32.5 Å². The van der Waals surface area contributed by atoms with Crippen molar-refractivity contribution in [2.24, 2.45) is 0 Å². The van der Waals surface area contributed by atoms with Crippen LogP contribution in [0.1, 0.15) is 41.4 Å². The zero-order chi connectivity index (χ0) is 57.0. The number of ether oxygens (including phenoxy) is 5. The van der Waals surface area contributed by atoms with Crippen LogP contribution >= 0.6 is 0 Å². The van der Waals surface area contributed by atoms with E-state index in [2.05, 4.69) is 0 Å². The van der Waals surface area contributed by atoms with Gasteiger partial charge in [-0.05, 0) is 24.3 Å². The van der Waals surface area contributed by atoms with Crippen LogP contribution in [0.2, 0.25) is 0 Å². The molecular formula is C49H30O30. The number of carbonyl (C=O) groups excluding carboxylic acids is 4. The molecule has 0 spiro atoms. The Morgan fingerprint density at radius 3 is 1.10 bits per heavy atom. The summed E-state index contributed by atoms with van der Waals surface area (Å²) in [5.74, 6) is -30.2. The van der Waals surface area contributed by atoms with Gasteiger partial charge in [-0.15, -0.1) is 0 Å². The highest BCUT2D eigenvalue weighted by Crippen LogP contribution is 2.59. The van der Waals surface area contributed by atoms with E-state index in [1.807, 2.05) is 0 Å². The number of phenolic OH excluding ortho intramolecular Hbond substituents is 16. The Hall–Kier alpha value is -11.0. The summed E-state index contributed by atoms with van der Waals surface area (Å²) in [6.45, 7) is -2.53. The summed E-state index contributed by atoms with van der Waals surface area (Å²) in [4.78, 5) is 86.5. The molecule has 8 aromatic rings. The van der Waals surface area contributed by atoms with E-state index in [1.54, 1.807) is 0 Å². The van der Waals surface area contributed by atoms with E-state index >= 15 is 0 Å². The first-order valence-electron chi connectivity index (χ1n) is 22.1. The Kier molecular flexibility index (Phi) is 10.8. The van der Waals surface area contributed by atoms with Crippen LogP contribution in [0.25, 0.3) is 66.1 Å². The van der Waals surface area contributed by atoms with Crippen molar-refractivity contribution in [1.82, 2.24) is 0 Å². The van der Waals surface area contributed by atoms with Crippen LogP contribution in [0.4, 0.5) is 0 Å². The monoisotopic (exact) mass is 1100 g/mol. The number of ketones is 1. The number of rotatable bonds is 0. The summed E-state index contributed by atoms with van der Waals surface area (Å²) in [7, 11) is 0. The van der Waals surface area contributed by atoms with E-state index < -0.39 is 259 Å². The average molecular weight is 1100 g/mol. The number of benzene rings is 6. The van der Waals surface area contributed by atoms with Gasteiger partial charge in [-0.3, -0.25) is 4.79 Å². The van der Waals surface area contributed by atoms with E-state index in [1.165, 1.54) is 0 Å². The molecule has 30 heteroatoms. The van der Waals surface area contributed by atoms with Crippen LogP contribution in [0, 0.1) is 0 Å². The van der Waals surface area contributed by atoms with Crippen molar-refractivity contribution in [2.45, 2.75) is 30.7 Å². The third-order valence-corrected chi connectivity index (χ3v) is 13.4. The molecule has 6 aromatic carbocycles. The summed E-state index contributed by atoms with van der Waals surface area (Å²) >= 11 is 0. The number of hydrogen-bond donors (Lipinski definition) is 17. The van der Waals surface area contributed by atoms with E-state index in [0.717, 1.165) is 0 Å². The Morgan fingerprint density at radius 1 is 0.367 bits per heavy atom. The minimum Gasteiger partial charge on any atom is -0.504 e. The lowest BCUT2D eigenvalue weighted by Gasteiger charge is -2.43. The second kappa shape index (κ2) is 17.0. The number of carbonyl (C=O) groups is 4. The quantitative estimate of drug-likeness (QED) is 0.0339. The highest BCUT2D eigenvalue weighted by atomic mass is 16.7. The first-order valence-corrected chi connectivity index (χ1v) is 22.1. The van der Waals surface area contributed by atoms with Gasteiger partial charge < -0.3 is 119 Å². The lowest BCUT2D eigenvalue weighted by atomic mass is 9.87. The third-order valence-electron chi connectivity index (χ3n) is 13.4. The molecule has 30 nitrogen and oxygen atoms in total. The molecule has 0 radical (unpaired) electrons. The zero-order valence-corrected chi connectivity index (χ0v) is 38.5. The second-order valence-electron chi connectivity index (χ2n) is 17.8. The number of aliphatic hydroxyl groups excluding tert-OH is 1. The number of aromatic hydroxyl groups is 16. The molecule has 17 N–H and O–H groups in total. The number of phenols is 16. The Bertz CT molecular complexity index is 4260. The van der Waals surface area contributed by atoms with Crippen molar-refractivity contribution in [2.75, 3.05) is 13.2 Å². The smallest absolute Gasteiger partial charge is 0.345 e. The second-order valence-corrected chi connectivity index (χ2v) is 17.8. The molecule has 79 heavy (non-hydrogen) atoms. The molecule has 5 atom stereocenters. The molecule has 1 fully saturated rings. The molecule has 3 aliphatic rings. The minimum absolute atomic E-state index is 0.309. The molecule has 6 bridgehead atoms. The first kappa shape index (κ1) is 50.2. The Balaban J connectivity index is 1.20. The maximum Gasteiger partial charge on any atom is 0.345 e. The summed E-state index contributed by atoms with van der Waals surface area (Å²) in [6.07, 6.45) is -12.4. The molecule has 2 aromatic heterocycles. The highest BCUT2D eigenvalue weighted by molar-refractivity contribution is 6.29. The maximum absolute atomic E-state index is 15.0. The van der Waals surface area contributed by atoms with Gasteiger partial charge >= 0.3 is 29.2 Å². The van der Waals surface area contributed by atoms with E-state index in [9.17, 15) is 116 Å². The molecule has 0 aliphatic carbocycles. The number of fused-ring (bicyclic) bond motifs is 10. The van der Waals surface area contributed by atoms with Gasteiger partial charge in [-0.2, -0.15) is 0 Å². The standard InChI is InChI=1S/C49H30O30/c50-11-1-7-15(54)5-73-6-16-39(42-43(49(72)74-16)79-46(69)9-3-13(52)29(57)33(61)19(9)18-8(45(68)78-42)2-12(51)28(56)32(18)60)75-44(67)10-4-14(53)30(58)34(62)20(10)22-26-24-23-25(47(70)76-41(24)38(66)36(22)64)21(17(7)31(59)27(11)55)35(63)37(65)40(23)77-48(26)71/h1-4,16,39,42-43,49-53,55-66,72H,5-6H2. The van der Waals surface area contributed by atoms with Gasteiger partial charge in [0, 0.05) is 49.7 Å². The molecule has 5 unspecified atom stereocenters. The van der Waals surface area contributed by atoms with Crippen molar-refractivity contribution < 1.29 is 139 Å². The molecular weight excluding hydrogens is 1070 g/mol. The van der Waals surface area contributed by atoms with Crippen LogP contribution < -0.4 is 11.3 Å². The molecule has 406 valence electrons. The fourth-order valence-electron chi connectivity index (χ4n) is 9.89. The highest BCUT2D eigenvalue weighted by Gasteiger charge is 2.54. The van der Waals surface area contributed by atoms with Crippen LogP contribution in [0.3, 0.4) is 0 Å². The number of esters is 3. The van der Waals surface area contributed by atoms with Crippen LogP contribution in [0.5, 0.6) is 92.0 Å². The minimum atomic E-state index is -2.62. The predicted octanol–water partition coefficient (Wildman–Crippen LogP) is 2.00. The summed E-state index contributed by atoms with van der Waals surface area (Å²) in [6, 6.07) is 1.58. The van der Waals surface area contributed by atoms with Crippen molar-refractivity contribution >= 4 is 56.4 Å². The Labute approximate surface area is 430 Å². The molecule has 0 saturated carbocycles. The lowest BCUT2D eigenvalue weighted by Crippen LogP contribution is -2.62. The normalized spacial score (nSPS) is 19.4.